The largest absolute Gasteiger partial charge is 0.494 e. The lowest BCUT2D eigenvalue weighted by Crippen LogP contribution is -2.41. The minimum absolute atomic E-state index is 0.535. The molecule has 1 aliphatic heterocycles. The maximum Gasteiger partial charge on any atom is 0.494 e. The van der Waals surface area contributed by atoms with Crippen LogP contribution in [0.3, 0.4) is 0 Å². The second kappa shape index (κ2) is 15.1. The van der Waals surface area contributed by atoms with Gasteiger partial charge < -0.3 is 23.5 Å². The van der Waals surface area contributed by atoms with Crippen LogP contribution in [0.2, 0.25) is 0 Å². The fraction of sp³-hybridized carbons (Fsp3) is 0.111. The molecule has 10 rings (SSSR count). The van der Waals surface area contributed by atoms with Crippen LogP contribution >= 0.6 is 0 Å². The van der Waals surface area contributed by atoms with Gasteiger partial charge in [0.15, 0.2) is 5.58 Å². The number of hydrogen-bond donors (Lipinski definition) is 0. The minimum atomic E-state index is -0.615. The Kier molecular flexibility index (Phi) is 9.40. The van der Waals surface area contributed by atoms with E-state index < -0.39 is 18.3 Å². The molecule has 1 aromatic heterocycles. The summed E-state index contributed by atoms with van der Waals surface area (Å²) < 4.78 is 20.4. The van der Waals surface area contributed by atoms with Crippen LogP contribution in [0, 0.1) is 0 Å². The van der Waals surface area contributed by atoms with Crippen LogP contribution in [-0.4, -0.2) is 18.3 Å². The van der Waals surface area contributed by atoms with Gasteiger partial charge in [0.05, 0.1) is 16.9 Å². The van der Waals surface area contributed by atoms with E-state index in [4.69, 9.17) is 13.7 Å². The summed E-state index contributed by atoms with van der Waals surface area (Å²) in [7, 11) is -0.615. The molecule has 60 heavy (non-hydrogen) atoms. The lowest BCUT2D eigenvalue weighted by atomic mass is 9.78. The molecule has 0 spiro atoms. The van der Waals surface area contributed by atoms with Crippen LogP contribution < -0.4 is 15.3 Å². The number of nitrogens with zero attached hydrogens (tertiary/aromatic N) is 2. The molecule has 0 atom stereocenters. The van der Waals surface area contributed by atoms with Crippen molar-refractivity contribution >= 4 is 68.6 Å². The van der Waals surface area contributed by atoms with Crippen molar-refractivity contribution in [3.05, 3.63) is 200 Å². The Labute approximate surface area is 352 Å². The Morgan fingerprint density at radius 1 is 0.383 bits per heavy atom. The Morgan fingerprint density at radius 2 is 0.833 bits per heavy atom. The predicted molar refractivity (Wildman–Crippen MR) is 250 cm³/mol. The van der Waals surface area contributed by atoms with Gasteiger partial charge in [0.2, 0.25) is 0 Å². The lowest BCUT2D eigenvalue weighted by Gasteiger charge is -2.32. The van der Waals surface area contributed by atoms with Crippen LogP contribution in [0.4, 0.5) is 34.1 Å². The van der Waals surface area contributed by atoms with Gasteiger partial charge in [0.25, 0.3) is 0 Å². The monoisotopic (exact) mass is 780 g/mol. The zero-order valence-corrected chi connectivity index (χ0v) is 34.2. The highest BCUT2D eigenvalue weighted by Gasteiger charge is 2.52. The molecular weight excluding hydrogens is 735 g/mol. The molecule has 1 fully saturated rings. The molecule has 0 unspecified atom stereocenters. The van der Waals surface area contributed by atoms with Crippen molar-refractivity contribution in [1.29, 1.82) is 0 Å². The van der Waals surface area contributed by atoms with Crippen molar-refractivity contribution in [1.82, 2.24) is 0 Å². The van der Waals surface area contributed by atoms with Gasteiger partial charge >= 0.3 is 7.12 Å². The SMILES string of the molecule is CC1(C)OB(c2cc(N(c3ccccc3)c3ccc(-c4ccccc4)cc3)cc(N(c3ccc(-c4ccccc4)cc3)c3cccc4c3oc3ccccc34)c2)OC1(C)C. The summed E-state index contributed by atoms with van der Waals surface area (Å²) in [4.78, 5) is 4.62. The second-order valence-electron chi connectivity index (χ2n) is 16.5. The minimum Gasteiger partial charge on any atom is -0.454 e. The molecule has 0 saturated carbocycles. The Bertz CT molecular complexity index is 2910. The van der Waals surface area contributed by atoms with Crippen LogP contribution in [0.1, 0.15) is 27.7 Å². The number of rotatable bonds is 9. The highest BCUT2D eigenvalue weighted by Crippen LogP contribution is 2.45. The summed E-state index contributed by atoms with van der Waals surface area (Å²) in [5.41, 5.74) is 12.0. The molecule has 5 nitrogen and oxygen atoms in total. The number of benzene rings is 8. The first-order valence-corrected chi connectivity index (χ1v) is 20.6. The van der Waals surface area contributed by atoms with Crippen molar-refractivity contribution in [2.24, 2.45) is 0 Å². The molecule has 1 saturated heterocycles. The summed E-state index contributed by atoms with van der Waals surface area (Å²) >= 11 is 0. The Hall–Kier alpha value is -6.86. The average molecular weight is 781 g/mol. The van der Waals surface area contributed by atoms with E-state index in [2.05, 4.69) is 226 Å². The molecule has 1 aliphatic rings. The first-order chi connectivity index (χ1) is 29.2. The molecule has 0 N–H and O–H groups in total. The van der Waals surface area contributed by atoms with Gasteiger partial charge in [-0.3, -0.25) is 0 Å². The van der Waals surface area contributed by atoms with Crippen LogP contribution in [0.15, 0.2) is 205 Å². The molecule has 0 radical (unpaired) electrons. The highest BCUT2D eigenvalue weighted by atomic mass is 16.7. The molecule has 0 aliphatic carbocycles. The molecule has 8 aromatic carbocycles. The van der Waals surface area contributed by atoms with E-state index in [1.54, 1.807) is 0 Å². The Morgan fingerprint density at radius 3 is 1.42 bits per heavy atom. The first-order valence-electron chi connectivity index (χ1n) is 20.6. The predicted octanol–water partition coefficient (Wildman–Crippen LogP) is 14.2. The van der Waals surface area contributed by atoms with Gasteiger partial charge in [0, 0.05) is 39.2 Å². The maximum atomic E-state index is 6.80. The fourth-order valence-corrected chi connectivity index (χ4v) is 8.22. The molecule has 2 heterocycles. The summed E-state index contributed by atoms with van der Waals surface area (Å²) in [5.74, 6) is 0. The third kappa shape index (κ3) is 6.84. The third-order valence-corrected chi connectivity index (χ3v) is 12.1. The second-order valence-corrected chi connectivity index (χ2v) is 16.5. The van der Waals surface area contributed by atoms with Crippen molar-refractivity contribution in [3.63, 3.8) is 0 Å². The Balaban J connectivity index is 1.20. The van der Waals surface area contributed by atoms with E-state index >= 15 is 0 Å². The van der Waals surface area contributed by atoms with Crippen molar-refractivity contribution in [2.75, 3.05) is 9.80 Å². The zero-order chi connectivity index (χ0) is 40.8. The van der Waals surface area contributed by atoms with Gasteiger partial charge in [-0.2, -0.15) is 0 Å². The third-order valence-electron chi connectivity index (χ3n) is 12.1. The number of para-hydroxylation sites is 3. The van der Waals surface area contributed by atoms with Crippen molar-refractivity contribution in [2.45, 2.75) is 38.9 Å². The molecule has 0 amide bonds. The van der Waals surface area contributed by atoms with Gasteiger partial charge in [0.1, 0.15) is 5.58 Å². The number of furan rings is 1. The summed E-state index contributed by atoms with van der Waals surface area (Å²) in [6.07, 6.45) is 0. The molecular formula is C54H45BN2O3. The fourth-order valence-electron chi connectivity index (χ4n) is 8.22. The number of hydrogen-bond acceptors (Lipinski definition) is 5. The molecule has 6 heteroatoms. The average Bonchev–Trinajstić information content (AvgIpc) is 3.78. The van der Waals surface area contributed by atoms with E-state index in [0.717, 1.165) is 78.2 Å². The summed E-state index contributed by atoms with van der Waals surface area (Å²) in [6, 6.07) is 70.5. The first kappa shape index (κ1) is 37.4. The number of anilines is 6. The van der Waals surface area contributed by atoms with E-state index in [-0.39, 0.29) is 0 Å². The smallest absolute Gasteiger partial charge is 0.454 e. The van der Waals surface area contributed by atoms with Gasteiger partial charge in [-0.15, -0.1) is 0 Å². The highest BCUT2D eigenvalue weighted by molar-refractivity contribution is 6.62. The van der Waals surface area contributed by atoms with Crippen LogP contribution in [-0.2, 0) is 9.31 Å². The maximum absolute atomic E-state index is 6.80. The zero-order valence-electron chi connectivity index (χ0n) is 34.2. The molecule has 9 aromatic rings. The van der Waals surface area contributed by atoms with Crippen LogP contribution in [0.25, 0.3) is 44.2 Å². The van der Waals surface area contributed by atoms with Gasteiger partial charge in [-0.05, 0) is 122 Å². The van der Waals surface area contributed by atoms with Crippen molar-refractivity contribution < 1.29 is 13.7 Å². The van der Waals surface area contributed by atoms with Gasteiger partial charge in [-0.25, -0.2) is 0 Å². The molecule has 0 bridgehead atoms. The topological polar surface area (TPSA) is 38.1 Å². The van der Waals surface area contributed by atoms with E-state index in [9.17, 15) is 0 Å². The summed E-state index contributed by atoms with van der Waals surface area (Å²) in [6.45, 7) is 8.41. The quantitative estimate of drug-likeness (QED) is 0.136. The number of fused-ring (bicyclic) bond motifs is 3. The van der Waals surface area contributed by atoms with E-state index in [0.29, 0.717) is 0 Å². The van der Waals surface area contributed by atoms with E-state index in [1.165, 1.54) is 5.56 Å². The van der Waals surface area contributed by atoms with Crippen molar-refractivity contribution in [3.8, 4) is 22.3 Å². The standard InChI is InChI=1S/C54H45BN2O3/c1-53(2)54(3,4)60-55(59-53)42-35-46(56(43-21-12-7-13-22-43)44-31-27-40(28-32-44)38-17-8-5-9-18-38)37-47(36-42)57(45-33-29-41(30-34-45)39-19-10-6-11-20-39)50-25-16-24-49-48-23-14-15-26-51(48)58-52(49)50/h5-37H,1-4H3. The summed E-state index contributed by atoms with van der Waals surface area (Å²) in [5, 5.41) is 2.13. The van der Waals surface area contributed by atoms with Gasteiger partial charge in [-0.1, -0.05) is 133 Å². The molecule has 292 valence electrons. The lowest BCUT2D eigenvalue weighted by molar-refractivity contribution is 0.00578. The van der Waals surface area contributed by atoms with E-state index in [1.807, 2.05) is 12.1 Å². The normalized spacial score (nSPS) is 14.4. The van der Waals surface area contributed by atoms with Crippen LogP contribution in [0.5, 0.6) is 0 Å².